The van der Waals surface area contributed by atoms with E-state index < -0.39 is 0 Å². The highest BCUT2D eigenvalue weighted by Gasteiger charge is 2.18. The number of carbonyl (C=O) groups is 1. The van der Waals surface area contributed by atoms with E-state index in [4.69, 9.17) is 4.42 Å². The number of nitrogens with one attached hydrogen (secondary N) is 2. The van der Waals surface area contributed by atoms with Gasteiger partial charge in [-0.3, -0.25) is 4.79 Å². The van der Waals surface area contributed by atoms with E-state index in [1.54, 1.807) is 24.0 Å². The van der Waals surface area contributed by atoms with Crippen LogP contribution in [0.1, 0.15) is 29.2 Å². The van der Waals surface area contributed by atoms with E-state index in [0.29, 0.717) is 11.5 Å². The maximum Gasteiger partial charge on any atom is 0.287 e. The summed E-state index contributed by atoms with van der Waals surface area (Å²) >= 11 is 1.59. The first-order valence-electron chi connectivity index (χ1n) is 7.43. The van der Waals surface area contributed by atoms with E-state index in [1.165, 1.54) is 0 Å². The molecule has 0 unspecified atom stereocenters. The molecule has 0 radical (unpaired) electrons. The molecule has 0 bridgehead atoms. The van der Waals surface area contributed by atoms with Crippen LogP contribution < -0.4 is 10.6 Å². The van der Waals surface area contributed by atoms with Crippen LogP contribution in [0.3, 0.4) is 0 Å². The molecule has 0 spiro atoms. The number of aryl methyl sites for hydroxylation is 1. The minimum absolute atomic E-state index is 0. The van der Waals surface area contributed by atoms with Gasteiger partial charge in [-0.25, -0.2) is 4.98 Å². The van der Waals surface area contributed by atoms with Crippen LogP contribution in [0.2, 0.25) is 0 Å². The Morgan fingerprint density at radius 3 is 2.83 bits per heavy atom. The Labute approximate surface area is 158 Å². The minimum Gasteiger partial charge on any atom is -0.455 e. The number of carbonyl (C=O) groups excluding carboxylic acids is 1. The number of aromatic nitrogens is 2. The lowest BCUT2D eigenvalue weighted by atomic mass is 10.1. The van der Waals surface area contributed by atoms with Crippen LogP contribution >= 0.6 is 36.6 Å². The number of hydrogen-bond acceptors (Lipinski definition) is 5. The lowest BCUT2D eigenvalue weighted by Crippen LogP contribution is -2.42. The van der Waals surface area contributed by atoms with Gasteiger partial charge in [0.15, 0.2) is 10.9 Å². The maximum absolute atomic E-state index is 12.2. The van der Waals surface area contributed by atoms with E-state index >= 15 is 0 Å². The third-order valence-corrected chi connectivity index (χ3v) is 4.76. The van der Waals surface area contributed by atoms with Crippen LogP contribution in [0.4, 0.5) is 0 Å². The molecule has 0 aromatic carbocycles. The van der Waals surface area contributed by atoms with E-state index in [2.05, 4.69) is 15.6 Å². The van der Waals surface area contributed by atoms with Crippen molar-refractivity contribution in [3.8, 4) is 0 Å². The summed E-state index contributed by atoms with van der Waals surface area (Å²) in [5.74, 6) is 1.70. The summed E-state index contributed by atoms with van der Waals surface area (Å²) in [7, 11) is 1.95. The highest BCUT2D eigenvalue weighted by atomic mass is 35.5. The predicted octanol–water partition coefficient (Wildman–Crippen LogP) is 2.63. The smallest absolute Gasteiger partial charge is 0.287 e. The second-order valence-electron chi connectivity index (χ2n) is 5.37. The van der Waals surface area contributed by atoms with Gasteiger partial charge in [-0.05, 0) is 38.1 Å². The van der Waals surface area contributed by atoms with Gasteiger partial charge in [0.1, 0.15) is 5.76 Å². The van der Waals surface area contributed by atoms with Crippen LogP contribution in [0.25, 0.3) is 0 Å². The monoisotopic (exact) mass is 392 g/mol. The van der Waals surface area contributed by atoms with E-state index in [-0.39, 0.29) is 36.8 Å². The predicted molar refractivity (Wildman–Crippen MR) is 99.3 cm³/mol. The van der Waals surface area contributed by atoms with Gasteiger partial charge in [-0.1, -0.05) is 11.8 Å². The zero-order valence-corrected chi connectivity index (χ0v) is 15.8. The molecule has 2 aromatic rings. The highest BCUT2D eigenvalue weighted by Crippen LogP contribution is 2.22. The van der Waals surface area contributed by atoms with Crippen LogP contribution in [-0.2, 0) is 12.8 Å². The Balaban J connectivity index is 0.00000144. The lowest BCUT2D eigenvalue weighted by Gasteiger charge is -2.23. The Hall–Kier alpha value is -1.15. The van der Waals surface area contributed by atoms with Gasteiger partial charge in [0.25, 0.3) is 5.91 Å². The van der Waals surface area contributed by atoms with Gasteiger partial charge in [-0.15, -0.1) is 24.8 Å². The lowest BCUT2D eigenvalue weighted by molar-refractivity contribution is 0.0900. The molecule has 3 heterocycles. The summed E-state index contributed by atoms with van der Waals surface area (Å²) in [4.78, 5) is 16.4. The fraction of sp³-hybridized carbons (Fsp3) is 0.467. The average molecular weight is 393 g/mol. The van der Waals surface area contributed by atoms with E-state index in [9.17, 15) is 4.79 Å². The van der Waals surface area contributed by atoms with Crippen molar-refractivity contribution in [2.45, 2.75) is 29.8 Å². The van der Waals surface area contributed by atoms with Gasteiger partial charge in [0, 0.05) is 25.5 Å². The molecule has 1 aliphatic rings. The van der Waals surface area contributed by atoms with Crippen molar-refractivity contribution >= 4 is 42.5 Å². The van der Waals surface area contributed by atoms with Crippen molar-refractivity contribution < 1.29 is 9.21 Å². The SMILES string of the molecule is Cl.Cl.Cn1ccnc1SCc1ccc(C(=O)NC2CCNCC2)o1. The van der Waals surface area contributed by atoms with Crippen molar-refractivity contribution in [2.24, 2.45) is 7.05 Å². The van der Waals surface area contributed by atoms with Crippen LogP contribution in [0.15, 0.2) is 34.1 Å². The van der Waals surface area contributed by atoms with Crippen molar-refractivity contribution in [3.05, 3.63) is 36.0 Å². The summed E-state index contributed by atoms with van der Waals surface area (Å²) in [6, 6.07) is 3.84. The van der Waals surface area contributed by atoms with Gasteiger partial charge in [-0.2, -0.15) is 0 Å². The van der Waals surface area contributed by atoms with Crippen LogP contribution in [0.5, 0.6) is 0 Å². The maximum atomic E-state index is 12.2. The van der Waals surface area contributed by atoms with Gasteiger partial charge >= 0.3 is 0 Å². The first-order chi connectivity index (χ1) is 10.7. The number of amides is 1. The molecule has 0 atom stereocenters. The number of rotatable bonds is 5. The number of thioether (sulfide) groups is 1. The van der Waals surface area contributed by atoms with E-state index in [0.717, 1.165) is 36.8 Å². The van der Waals surface area contributed by atoms with Gasteiger partial charge in [0.05, 0.1) is 5.75 Å². The average Bonchev–Trinajstić information content (AvgIpc) is 3.15. The van der Waals surface area contributed by atoms with Crippen molar-refractivity contribution in [1.29, 1.82) is 0 Å². The molecular weight excluding hydrogens is 371 g/mol. The number of nitrogens with zero attached hydrogens (tertiary/aromatic N) is 2. The summed E-state index contributed by atoms with van der Waals surface area (Å²) in [5.41, 5.74) is 0. The quantitative estimate of drug-likeness (QED) is 0.765. The summed E-state index contributed by atoms with van der Waals surface area (Å²) in [6.07, 6.45) is 5.60. The molecule has 0 aliphatic carbocycles. The largest absolute Gasteiger partial charge is 0.455 e. The minimum atomic E-state index is -0.125. The molecular formula is C15H22Cl2N4O2S. The van der Waals surface area contributed by atoms with Crippen LogP contribution in [-0.4, -0.2) is 34.6 Å². The molecule has 1 amide bonds. The standard InChI is InChI=1S/C15H20N4O2S.2ClH/c1-19-9-8-17-15(19)22-10-12-2-3-13(21-12)14(20)18-11-4-6-16-7-5-11;;/h2-3,8-9,11,16H,4-7,10H2,1H3,(H,18,20);2*1H. The van der Waals surface area contributed by atoms with Crippen LogP contribution in [0, 0.1) is 0 Å². The van der Waals surface area contributed by atoms with Gasteiger partial charge in [0.2, 0.25) is 0 Å². The Morgan fingerprint density at radius 1 is 1.42 bits per heavy atom. The fourth-order valence-electron chi connectivity index (χ4n) is 2.43. The second kappa shape index (κ2) is 9.98. The number of halogens is 2. The molecule has 0 saturated carbocycles. The highest BCUT2D eigenvalue weighted by molar-refractivity contribution is 7.98. The molecule has 24 heavy (non-hydrogen) atoms. The molecule has 1 saturated heterocycles. The summed E-state index contributed by atoms with van der Waals surface area (Å²) < 4.78 is 7.60. The fourth-order valence-corrected chi connectivity index (χ4v) is 3.25. The topological polar surface area (TPSA) is 72.1 Å². The number of piperidine rings is 1. The molecule has 1 fully saturated rings. The number of furan rings is 1. The molecule has 9 heteroatoms. The summed E-state index contributed by atoms with van der Waals surface area (Å²) in [6.45, 7) is 1.91. The van der Waals surface area contributed by atoms with Crippen molar-refractivity contribution in [2.75, 3.05) is 13.1 Å². The summed E-state index contributed by atoms with van der Waals surface area (Å²) in [5, 5.41) is 7.24. The Bertz CT molecular complexity index is 641. The third kappa shape index (κ3) is 5.44. The molecule has 6 nitrogen and oxygen atoms in total. The molecule has 2 N–H and O–H groups in total. The third-order valence-electron chi connectivity index (χ3n) is 3.68. The first-order valence-corrected chi connectivity index (χ1v) is 8.41. The molecule has 3 rings (SSSR count). The zero-order valence-electron chi connectivity index (χ0n) is 13.4. The Morgan fingerprint density at radius 2 is 2.17 bits per heavy atom. The normalized spacial score (nSPS) is 14.5. The molecule has 134 valence electrons. The van der Waals surface area contributed by atoms with Crippen molar-refractivity contribution in [3.63, 3.8) is 0 Å². The van der Waals surface area contributed by atoms with Crippen molar-refractivity contribution in [1.82, 2.24) is 20.2 Å². The van der Waals surface area contributed by atoms with Gasteiger partial charge < -0.3 is 19.6 Å². The second-order valence-corrected chi connectivity index (χ2v) is 6.32. The molecule has 1 aliphatic heterocycles. The number of hydrogen-bond donors (Lipinski definition) is 2. The number of imidazole rings is 1. The van der Waals surface area contributed by atoms with E-state index in [1.807, 2.05) is 23.9 Å². The zero-order chi connectivity index (χ0) is 15.4. The molecule has 2 aromatic heterocycles. The Kier molecular flexibility index (Phi) is 8.69. The first kappa shape index (κ1) is 20.9.